The predicted octanol–water partition coefficient (Wildman–Crippen LogP) is 3.73. The van der Waals surface area contributed by atoms with E-state index in [-0.39, 0.29) is 5.52 Å². The molecule has 9 heteroatoms. The number of piperazine rings is 1. The topological polar surface area (TPSA) is 70.6 Å². The number of anilines is 1. The zero-order valence-corrected chi connectivity index (χ0v) is 16.4. The van der Waals surface area contributed by atoms with Crippen LogP contribution in [0.4, 0.5) is 24.7 Å². The minimum absolute atomic E-state index is 0.224. The summed E-state index contributed by atoms with van der Waals surface area (Å²) in [6, 6.07) is 11.2. The number of aromatic nitrogens is 2. The molecular formula is C21H21F3N6. The number of hydrogen-bond donors (Lipinski definition) is 1. The Labute approximate surface area is 171 Å². The highest BCUT2D eigenvalue weighted by Gasteiger charge is 2.30. The summed E-state index contributed by atoms with van der Waals surface area (Å²) in [5.41, 5.74) is 8.02. The molecule has 2 heterocycles. The lowest BCUT2D eigenvalue weighted by molar-refractivity contribution is -0.137. The highest BCUT2D eigenvalue weighted by Crippen LogP contribution is 2.31. The monoisotopic (exact) mass is 414 g/mol. The van der Waals surface area contributed by atoms with E-state index in [1.807, 2.05) is 41.0 Å². The van der Waals surface area contributed by atoms with Crippen LogP contribution in [0.25, 0.3) is 11.0 Å². The maximum atomic E-state index is 12.9. The summed E-state index contributed by atoms with van der Waals surface area (Å²) in [7, 11) is 0. The Morgan fingerprint density at radius 1 is 1.03 bits per heavy atom. The first-order valence-corrected chi connectivity index (χ1v) is 9.55. The van der Waals surface area contributed by atoms with Crippen LogP contribution in [0.3, 0.4) is 0 Å². The molecule has 3 aromatic rings. The predicted molar refractivity (Wildman–Crippen MR) is 111 cm³/mol. The smallest absolute Gasteiger partial charge is 0.369 e. The van der Waals surface area contributed by atoms with E-state index in [9.17, 15) is 13.2 Å². The number of fused-ring (bicyclic) bond motifs is 1. The third-order valence-corrected chi connectivity index (χ3v) is 5.13. The second-order valence-electron chi connectivity index (χ2n) is 7.16. The first-order valence-electron chi connectivity index (χ1n) is 9.55. The summed E-state index contributed by atoms with van der Waals surface area (Å²) >= 11 is 0. The van der Waals surface area contributed by atoms with Gasteiger partial charge >= 0.3 is 6.18 Å². The van der Waals surface area contributed by atoms with E-state index in [4.69, 9.17) is 5.73 Å². The molecule has 2 aromatic carbocycles. The van der Waals surface area contributed by atoms with E-state index in [1.165, 1.54) is 12.3 Å². The summed E-state index contributed by atoms with van der Waals surface area (Å²) < 4.78 is 38.6. The number of para-hydroxylation sites is 1. The van der Waals surface area contributed by atoms with Gasteiger partial charge in [-0.25, -0.2) is 9.98 Å². The fourth-order valence-corrected chi connectivity index (χ4v) is 3.38. The van der Waals surface area contributed by atoms with Gasteiger partial charge in [0.05, 0.1) is 28.5 Å². The van der Waals surface area contributed by atoms with Gasteiger partial charge in [-0.2, -0.15) is 13.2 Å². The fourth-order valence-electron chi connectivity index (χ4n) is 3.38. The molecule has 0 saturated carbocycles. The third-order valence-electron chi connectivity index (χ3n) is 5.13. The second kappa shape index (κ2) is 7.81. The molecule has 4 rings (SSSR count). The molecule has 0 radical (unpaired) electrons. The van der Waals surface area contributed by atoms with E-state index in [0.29, 0.717) is 43.5 Å². The molecule has 0 aliphatic carbocycles. The van der Waals surface area contributed by atoms with Crippen molar-refractivity contribution in [3.05, 3.63) is 59.8 Å². The second-order valence-corrected chi connectivity index (χ2v) is 7.16. The van der Waals surface area contributed by atoms with Crippen molar-refractivity contribution in [1.82, 2.24) is 14.9 Å². The van der Waals surface area contributed by atoms with Gasteiger partial charge in [-0.3, -0.25) is 4.98 Å². The average molecular weight is 414 g/mol. The number of hydrogen-bond acceptors (Lipinski definition) is 4. The standard InChI is InChI=1S/C21H21F3N6/c1-14-4-2-3-5-16(14)28-20(25)30-10-8-29(9-11-30)19-13-26-18-12-15(21(22,23)24)6-7-17(18)27-19/h2-7,12-13H,8-11H2,1H3,(H2,25,28). The number of nitrogens with zero attached hydrogens (tertiary/aromatic N) is 5. The molecule has 1 aliphatic heterocycles. The van der Waals surface area contributed by atoms with E-state index in [2.05, 4.69) is 15.0 Å². The summed E-state index contributed by atoms with van der Waals surface area (Å²) in [6.45, 7) is 4.62. The number of guanidine groups is 1. The zero-order valence-electron chi connectivity index (χ0n) is 16.4. The summed E-state index contributed by atoms with van der Waals surface area (Å²) in [5, 5.41) is 0. The Kier molecular flexibility index (Phi) is 5.19. The van der Waals surface area contributed by atoms with Gasteiger partial charge in [-0.15, -0.1) is 0 Å². The Bertz CT molecular complexity index is 1090. The van der Waals surface area contributed by atoms with Crippen LogP contribution in [0.15, 0.2) is 53.7 Å². The van der Waals surface area contributed by atoms with Gasteiger partial charge in [0.15, 0.2) is 5.96 Å². The molecule has 30 heavy (non-hydrogen) atoms. The Balaban J connectivity index is 1.46. The number of aryl methyl sites for hydroxylation is 1. The Hall–Kier alpha value is -3.36. The molecule has 156 valence electrons. The first kappa shape index (κ1) is 19.9. The molecule has 1 aromatic heterocycles. The molecule has 0 bridgehead atoms. The molecule has 1 fully saturated rings. The van der Waals surface area contributed by atoms with Crippen molar-refractivity contribution in [1.29, 1.82) is 0 Å². The van der Waals surface area contributed by atoms with Crippen molar-refractivity contribution < 1.29 is 13.2 Å². The third kappa shape index (κ3) is 4.14. The van der Waals surface area contributed by atoms with Gasteiger partial charge in [0, 0.05) is 26.2 Å². The maximum Gasteiger partial charge on any atom is 0.416 e. The molecule has 6 nitrogen and oxygen atoms in total. The Morgan fingerprint density at radius 3 is 2.47 bits per heavy atom. The van der Waals surface area contributed by atoms with Crippen molar-refractivity contribution in [2.24, 2.45) is 10.7 Å². The van der Waals surface area contributed by atoms with Gasteiger partial charge in [0.25, 0.3) is 0 Å². The van der Waals surface area contributed by atoms with Crippen LogP contribution in [0.1, 0.15) is 11.1 Å². The molecule has 0 spiro atoms. The van der Waals surface area contributed by atoms with Gasteiger partial charge in [-0.1, -0.05) is 18.2 Å². The minimum Gasteiger partial charge on any atom is -0.369 e. The lowest BCUT2D eigenvalue weighted by Crippen LogP contribution is -2.51. The molecule has 0 atom stereocenters. The fraction of sp³-hybridized carbons (Fsp3) is 0.286. The van der Waals surface area contributed by atoms with Crippen molar-refractivity contribution in [2.45, 2.75) is 13.1 Å². The van der Waals surface area contributed by atoms with Crippen molar-refractivity contribution in [3.63, 3.8) is 0 Å². The van der Waals surface area contributed by atoms with E-state index < -0.39 is 11.7 Å². The highest BCUT2D eigenvalue weighted by atomic mass is 19.4. The van der Waals surface area contributed by atoms with Gasteiger partial charge in [-0.05, 0) is 36.8 Å². The van der Waals surface area contributed by atoms with Crippen LogP contribution in [0.2, 0.25) is 0 Å². The van der Waals surface area contributed by atoms with Gasteiger partial charge < -0.3 is 15.5 Å². The molecular weight excluding hydrogens is 393 g/mol. The van der Waals surface area contributed by atoms with Crippen molar-refractivity contribution in [3.8, 4) is 0 Å². The van der Waals surface area contributed by atoms with Gasteiger partial charge in [0.1, 0.15) is 5.82 Å². The minimum atomic E-state index is -4.40. The summed E-state index contributed by atoms with van der Waals surface area (Å²) in [5.74, 6) is 1.10. The van der Waals surface area contributed by atoms with Crippen LogP contribution >= 0.6 is 0 Å². The lowest BCUT2D eigenvalue weighted by atomic mass is 10.2. The van der Waals surface area contributed by atoms with Crippen LogP contribution in [-0.4, -0.2) is 47.0 Å². The molecule has 0 amide bonds. The lowest BCUT2D eigenvalue weighted by Gasteiger charge is -2.35. The molecule has 2 N–H and O–H groups in total. The number of alkyl halides is 3. The normalized spacial score (nSPS) is 15.7. The van der Waals surface area contributed by atoms with Crippen LogP contribution in [0, 0.1) is 6.92 Å². The SMILES string of the molecule is Cc1ccccc1N=C(N)N1CCN(c2cnc3cc(C(F)(F)F)ccc3n2)CC1. The number of benzene rings is 2. The van der Waals surface area contributed by atoms with Crippen LogP contribution < -0.4 is 10.6 Å². The zero-order chi connectivity index (χ0) is 21.3. The van der Waals surface area contributed by atoms with Crippen LogP contribution in [0.5, 0.6) is 0 Å². The van der Waals surface area contributed by atoms with Crippen LogP contribution in [-0.2, 0) is 6.18 Å². The highest BCUT2D eigenvalue weighted by molar-refractivity contribution is 5.82. The Morgan fingerprint density at radius 2 is 1.77 bits per heavy atom. The number of halogens is 3. The number of aliphatic imine (C=N–C) groups is 1. The summed E-state index contributed by atoms with van der Waals surface area (Å²) in [4.78, 5) is 17.3. The first-order chi connectivity index (χ1) is 14.3. The van der Waals surface area contributed by atoms with E-state index >= 15 is 0 Å². The molecule has 1 saturated heterocycles. The molecule has 1 aliphatic rings. The van der Waals surface area contributed by atoms with E-state index in [1.54, 1.807) is 0 Å². The molecule has 0 unspecified atom stereocenters. The number of rotatable bonds is 2. The largest absolute Gasteiger partial charge is 0.416 e. The average Bonchev–Trinajstić information content (AvgIpc) is 2.74. The van der Waals surface area contributed by atoms with Crippen molar-refractivity contribution in [2.75, 3.05) is 31.1 Å². The van der Waals surface area contributed by atoms with Gasteiger partial charge in [0.2, 0.25) is 0 Å². The van der Waals surface area contributed by atoms with E-state index in [0.717, 1.165) is 23.4 Å². The maximum absolute atomic E-state index is 12.9. The van der Waals surface area contributed by atoms with Crippen molar-refractivity contribution >= 4 is 28.5 Å². The number of nitrogens with two attached hydrogens (primary N) is 1. The quantitative estimate of drug-likeness (QED) is 0.511. The summed E-state index contributed by atoms with van der Waals surface area (Å²) in [6.07, 6.45) is -2.88.